The van der Waals surface area contributed by atoms with E-state index in [0.29, 0.717) is 0 Å². The predicted octanol–water partition coefficient (Wildman–Crippen LogP) is -0.188. The first-order valence-corrected chi connectivity index (χ1v) is 3.20. The lowest BCUT2D eigenvalue weighted by atomic mass is 9.92. The van der Waals surface area contributed by atoms with E-state index in [2.05, 4.69) is 5.32 Å². The number of aliphatic hydroxyl groups is 1. The highest BCUT2D eigenvalue weighted by Gasteiger charge is 2.33. The molecule has 0 saturated carbocycles. The van der Waals surface area contributed by atoms with E-state index in [1.54, 1.807) is 20.0 Å². The molecule has 1 atom stereocenters. The van der Waals surface area contributed by atoms with Crippen LogP contribution in [0.3, 0.4) is 0 Å². The van der Waals surface area contributed by atoms with Crippen LogP contribution in [0.4, 0.5) is 0 Å². The summed E-state index contributed by atoms with van der Waals surface area (Å²) in [7, 11) is 0. The van der Waals surface area contributed by atoms with E-state index in [1.807, 2.05) is 0 Å². The Labute approximate surface area is 59.7 Å². The van der Waals surface area contributed by atoms with Crippen LogP contribution in [-0.4, -0.2) is 22.5 Å². The van der Waals surface area contributed by atoms with E-state index in [1.165, 1.54) is 6.08 Å². The Morgan fingerprint density at radius 1 is 1.70 bits per heavy atom. The summed E-state index contributed by atoms with van der Waals surface area (Å²) in [6, 6.07) is 0. The van der Waals surface area contributed by atoms with Gasteiger partial charge in [-0.1, -0.05) is 0 Å². The van der Waals surface area contributed by atoms with Gasteiger partial charge in [-0.25, -0.2) is 0 Å². The van der Waals surface area contributed by atoms with Gasteiger partial charge in [-0.05, 0) is 19.9 Å². The van der Waals surface area contributed by atoms with Crippen molar-refractivity contribution in [2.75, 3.05) is 0 Å². The summed E-state index contributed by atoms with van der Waals surface area (Å²) >= 11 is 0. The van der Waals surface area contributed by atoms with Crippen molar-refractivity contribution >= 4 is 5.78 Å². The number of hydrogen-bond donors (Lipinski definition) is 2. The third-order valence-electron chi connectivity index (χ3n) is 1.66. The summed E-state index contributed by atoms with van der Waals surface area (Å²) < 4.78 is 0. The molecule has 3 heteroatoms. The highest BCUT2D eigenvalue weighted by molar-refractivity contribution is 5.95. The fraction of sp³-hybridized carbons (Fsp3) is 0.571. The maximum Gasteiger partial charge on any atom is 0.187 e. The van der Waals surface area contributed by atoms with Crippen LogP contribution in [0.15, 0.2) is 12.3 Å². The quantitative estimate of drug-likeness (QED) is 0.491. The van der Waals surface area contributed by atoms with Crippen molar-refractivity contribution in [3.63, 3.8) is 0 Å². The van der Waals surface area contributed by atoms with E-state index in [-0.39, 0.29) is 5.78 Å². The summed E-state index contributed by atoms with van der Waals surface area (Å²) in [4.78, 5) is 10.8. The van der Waals surface area contributed by atoms with Crippen LogP contribution in [0.25, 0.3) is 0 Å². The lowest BCUT2D eigenvalue weighted by Gasteiger charge is -2.32. The molecule has 56 valence electrons. The highest BCUT2D eigenvalue weighted by atomic mass is 16.3. The maximum atomic E-state index is 10.8. The molecule has 10 heavy (non-hydrogen) atoms. The SMILES string of the molecule is CC1(C)NC=CC(=O)C1O. The number of nitrogens with one attached hydrogen (secondary N) is 1. The average Bonchev–Trinajstić information content (AvgIpc) is 1.83. The van der Waals surface area contributed by atoms with Gasteiger partial charge in [-0.2, -0.15) is 0 Å². The Kier molecular flexibility index (Phi) is 1.52. The molecule has 1 unspecified atom stereocenters. The smallest absolute Gasteiger partial charge is 0.187 e. The maximum absolute atomic E-state index is 10.8. The summed E-state index contributed by atoms with van der Waals surface area (Å²) in [5.74, 6) is -0.233. The van der Waals surface area contributed by atoms with Crippen LogP contribution in [0, 0.1) is 0 Å². The second-order valence-electron chi connectivity index (χ2n) is 3.00. The zero-order valence-electron chi connectivity index (χ0n) is 6.09. The molecule has 0 aliphatic carbocycles. The second kappa shape index (κ2) is 2.09. The van der Waals surface area contributed by atoms with Gasteiger partial charge in [-0.3, -0.25) is 4.79 Å². The lowest BCUT2D eigenvalue weighted by Crippen LogP contribution is -2.53. The van der Waals surface area contributed by atoms with Crippen molar-refractivity contribution in [1.82, 2.24) is 5.32 Å². The number of ketones is 1. The number of carbonyl (C=O) groups is 1. The van der Waals surface area contributed by atoms with Crippen molar-refractivity contribution in [3.8, 4) is 0 Å². The molecular weight excluding hydrogens is 130 g/mol. The Hall–Kier alpha value is -0.830. The Balaban J connectivity index is 2.85. The van der Waals surface area contributed by atoms with Crippen LogP contribution in [0.2, 0.25) is 0 Å². The molecule has 2 N–H and O–H groups in total. The Bertz CT molecular complexity index is 184. The molecule has 1 aliphatic heterocycles. The Morgan fingerprint density at radius 2 is 2.30 bits per heavy atom. The van der Waals surface area contributed by atoms with E-state index in [0.717, 1.165) is 0 Å². The van der Waals surface area contributed by atoms with E-state index in [4.69, 9.17) is 0 Å². The van der Waals surface area contributed by atoms with Crippen LogP contribution in [-0.2, 0) is 4.79 Å². The van der Waals surface area contributed by atoms with Gasteiger partial charge in [0.05, 0.1) is 5.54 Å². The first-order chi connectivity index (χ1) is 4.54. The second-order valence-corrected chi connectivity index (χ2v) is 3.00. The van der Waals surface area contributed by atoms with Gasteiger partial charge < -0.3 is 10.4 Å². The number of rotatable bonds is 0. The fourth-order valence-corrected chi connectivity index (χ4v) is 0.864. The molecule has 1 aliphatic rings. The van der Waals surface area contributed by atoms with Crippen LogP contribution < -0.4 is 5.32 Å². The van der Waals surface area contributed by atoms with Gasteiger partial charge >= 0.3 is 0 Å². The minimum atomic E-state index is -0.919. The molecule has 0 radical (unpaired) electrons. The molecule has 1 heterocycles. The highest BCUT2D eigenvalue weighted by Crippen LogP contribution is 2.13. The third kappa shape index (κ3) is 1.04. The van der Waals surface area contributed by atoms with Gasteiger partial charge in [-0.15, -0.1) is 0 Å². The number of carbonyl (C=O) groups excluding carboxylic acids is 1. The first kappa shape index (κ1) is 7.28. The third-order valence-corrected chi connectivity index (χ3v) is 1.66. The molecule has 0 aromatic carbocycles. The Morgan fingerprint density at radius 3 is 2.70 bits per heavy atom. The van der Waals surface area contributed by atoms with Crippen LogP contribution in [0.5, 0.6) is 0 Å². The number of hydrogen-bond acceptors (Lipinski definition) is 3. The van der Waals surface area contributed by atoms with Gasteiger partial charge in [0.1, 0.15) is 6.10 Å². The zero-order valence-corrected chi connectivity index (χ0v) is 6.09. The molecule has 1 rings (SSSR count). The van der Waals surface area contributed by atoms with Crippen LogP contribution in [0.1, 0.15) is 13.8 Å². The van der Waals surface area contributed by atoms with Gasteiger partial charge in [0, 0.05) is 6.20 Å². The van der Waals surface area contributed by atoms with Gasteiger partial charge in [0.2, 0.25) is 0 Å². The number of aliphatic hydroxyl groups excluding tert-OH is 1. The van der Waals surface area contributed by atoms with Crippen molar-refractivity contribution in [2.24, 2.45) is 0 Å². The molecule has 0 saturated heterocycles. The molecule has 0 amide bonds. The van der Waals surface area contributed by atoms with Crippen molar-refractivity contribution < 1.29 is 9.90 Å². The molecule has 0 fully saturated rings. The van der Waals surface area contributed by atoms with Gasteiger partial charge in [0.25, 0.3) is 0 Å². The molecule has 0 spiro atoms. The first-order valence-electron chi connectivity index (χ1n) is 3.20. The zero-order chi connectivity index (χ0) is 7.78. The summed E-state index contributed by atoms with van der Waals surface area (Å²) in [6.45, 7) is 3.55. The van der Waals surface area contributed by atoms with E-state index >= 15 is 0 Å². The normalized spacial score (nSPS) is 29.9. The van der Waals surface area contributed by atoms with Gasteiger partial charge in [0.15, 0.2) is 5.78 Å². The van der Waals surface area contributed by atoms with Crippen molar-refractivity contribution in [1.29, 1.82) is 0 Å². The molecule has 0 aromatic heterocycles. The predicted molar refractivity (Wildman–Crippen MR) is 37.4 cm³/mol. The lowest BCUT2D eigenvalue weighted by molar-refractivity contribution is -0.126. The average molecular weight is 141 g/mol. The fourth-order valence-electron chi connectivity index (χ4n) is 0.864. The monoisotopic (exact) mass is 141 g/mol. The van der Waals surface area contributed by atoms with E-state index in [9.17, 15) is 9.90 Å². The molecule has 0 aromatic rings. The van der Waals surface area contributed by atoms with Crippen LogP contribution >= 0.6 is 0 Å². The van der Waals surface area contributed by atoms with E-state index < -0.39 is 11.6 Å². The minimum Gasteiger partial charge on any atom is -0.383 e. The molecular formula is C7H11NO2. The summed E-state index contributed by atoms with van der Waals surface area (Å²) in [5.41, 5.74) is -0.522. The summed E-state index contributed by atoms with van der Waals surface area (Å²) in [6.07, 6.45) is 1.99. The topological polar surface area (TPSA) is 49.3 Å². The summed E-state index contributed by atoms with van der Waals surface area (Å²) in [5, 5.41) is 12.1. The molecule has 3 nitrogen and oxygen atoms in total. The standard InChI is InChI=1S/C7H11NO2/c1-7(2)6(10)5(9)3-4-8-7/h3-4,6,8,10H,1-2H3. The largest absolute Gasteiger partial charge is 0.383 e. The van der Waals surface area contributed by atoms with Crippen molar-refractivity contribution in [2.45, 2.75) is 25.5 Å². The van der Waals surface area contributed by atoms with Crippen molar-refractivity contribution in [3.05, 3.63) is 12.3 Å². The molecule has 0 bridgehead atoms. The minimum absolute atomic E-state index is 0.233.